The summed E-state index contributed by atoms with van der Waals surface area (Å²) in [4.78, 5) is 0. The molecule has 0 unspecified atom stereocenters. The van der Waals surface area contributed by atoms with E-state index in [0.717, 1.165) is 133 Å². The van der Waals surface area contributed by atoms with Crippen molar-refractivity contribution in [2.45, 2.75) is 125 Å². The predicted octanol–water partition coefficient (Wildman–Crippen LogP) is 29.6. The molecular formula is C98H96O12P4. The fourth-order valence-electron chi connectivity index (χ4n) is 13.5. The summed E-state index contributed by atoms with van der Waals surface area (Å²) in [6, 6.07) is 84.3. The first-order chi connectivity index (χ1) is 55.0. The largest absolute Gasteiger partial charge is 0.530 e. The summed E-state index contributed by atoms with van der Waals surface area (Å²) in [6.07, 6.45) is 0. The second-order valence-electron chi connectivity index (χ2n) is 28.8. The molecule has 0 radical (unpaired) electrons. The van der Waals surface area contributed by atoms with Gasteiger partial charge in [-0.15, -0.1) is 0 Å². The van der Waals surface area contributed by atoms with Gasteiger partial charge < -0.3 is 54.3 Å². The number of aryl methyl sites for hydroxylation is 10. The summed E-state index contributed by atoms with van der Waals surface area (Å²) < 4.78 is 81.9. The minimum absolute atomic E-state index is 0.622. The first kappa shape index (κ1) is 81.0. The van der Waals surface area contributed by atoms with E-state index < -0.39 is 34.4 Å². The van der Waals surface area contributed by atoms with Gasteiger partial charge in [-0.05, 0) is 307 Å². The van der Waals surface area contributed by atoms with Gasteiger partial charge in [0.25, 0.3) is 0 Å². The van der Waals surface area contributed by atoms with Crippen LogP contribution in [0.25, 0.3) is 43.8 Å². The Hall–Kier alpha value is -11.1. The van der Waals surface area contributed by atoms with Crippen LogP contribution in [-0.2, 0) is 0 Å². The number of hydrogen-bond donors (Lipinski definition) is 0. The van der Waals surface area contributed by atoms with E-state index in [-0.39, 0.29) is 0 Å². The molecule has 0 heterocycles. The molecule has 14 aromatic rings. The molecule has 12 nitrogen and oxygen atoms in total. The maximum Gasteiger partial charge on any atom is 0.530 e. The van der Waals surface area contributed by atoms with Gasteiger partial charge in [-0.2, -0.15) is 0 Å². The molecular weight excluding hydrogens is 1490 g/mol. The van der Waals surface area contributed by atoms with Crippen LogP contribution < -0.4 is 54.3 Å². The maximum absolute atomic E-state index is 7.14. The number of rotatable bonds is 26. The number of benzene rings is 14. The normalized spacial score (nSPS) is 11.2. The Labute approximate surface area is 676 Å². The standard InChI is InChI=1S/C50H44O6P2.C48H52O6P2/c1-33-19-7-15-27-43(33)51-57(52-44-28-16-8-20-34(44)2)55-49-37(5)31-39-23-11-13-25-41(39)47(49)48-42-26-14-12-24-40(42)32-38(6)50(48)56-58(53-45-29-17-9-21-35(45)3)54-46-30-18-10-22-36(46)4;1-29-21-13-17-25-41(29)49-55(50-42-26-18-14-22-30(42)2)53-47-39(11)35(7)33(5)37(9)45(47)46-38(10)34(6)36(8)40(12)48(46)54-56(51-43-27-19-15-23-31(43)3)52-44-28-20-16-24-32(44)4/h7-32H,1-6H3;13-28H,1-12H3. The smallest absolute Gasteiger partial charge is 0.408 e. The maximum atomic E-state index is 7.14. The summed E-state index contributed by atoms with van der Waals surface area (Å²) in [5.74, 6) is 8.11. The van der Waals surface area contributed by atoms with Crippen LogP contribution >= 0.6 is 34.4 Å². The van der Waals surface area contributed by atoms with Crippen LogP contribution in [0.4, 0.5) is 0 Å². The van der Waals surface area contributed by atoms with Crippen LogP contribution in [-0.4, -0.2) is 0 Å². The molecule has 14 rings (SSSR count). The van der Waals surface area contributed by atoms with E-state index in [1.807, 2.05) is 250 Å². The second-order valence-corrected chi connectivity index (χ2v) is 32.7. The van der Waals surface area contributed by atoms with Crippen molar-refractivity contribution < 1.29 is 54.3 Å². The average Bonchev–Trinajstić information content (AvgIpc) is 0.738. The number of fused-ring (bicyclic) bond motifs is 2. The lowest BCUT2D eigenvalue weighted by Gasteiger charge is -2.29. The molecule has 0 saturated carbocycles. The van der Waals surface area contributed by atoms with E-state index >= 15 is 0 Å². The van der Waals surface area contributed by atoms with Gasteiger partial charge in [0, 0.05) is 22.3 Å². The lowest BCUT2D eigenvalue weighted by Crippen LogP contribution is -2.10. The van der Waals surface area contributed by atoms with E-state index in [0.29, 0.717) is 69.0 Å². The minimum Gasteiger partial charge on any atom is -0.408 e. The number of para-hydroxylation sites is 8. The molecule has 0 bridgehead atoms. The first-order valence-corrected chi connectivity index (χ1v) is 42.5. The molecule has 0 amide bonds. The van der Waals surface area contributed by atoms with E-state index in [2.05, 4.69) is 130 Å². The Morgan fingerprint density at radius 2 is 0.342 bits per heavy atom. The Bertz CT molecular complexity index is 5300. The molecule has 0 saturated heterocycles. The highest BCUT2D eigenvalue weighted by atomic mass is 31.2. The molecule has 14 aromatic carbocycles. The average molecular weight is 1590 g/mol. The first-order valence-electron chi connectivity index (χ1n) is 38.1. The fraction of sp³-hybridized carbons (Fsp3) is 0.184. The lowest BCUT2D eigenvalue weighted by molar-refractivity contribution is 0.382. The zero-order chi connectivity index (χ0) is 80.4. The van der Waals surface area contributed by atoms with Crippen LogP contribution in [0, 0.1) is 125 Å². The Morgan fingerprint density at radius 1 is 0.158 bits per heavy atom. The van der Waals surface area contributed by atoms with E-state index in [1.54, 1.807) is 0 Å². The highest BCUT2D eigenvalue weighted by Crippen LogP contribution is 2.59. The summed E-state index contributed by atoms with van der Waals surface area (Å²) in [5.41, 5.74) is 21.9. The second kappa shape index (κ2) is 36.4. The molecule has 16 heteroatoms. The third kappa shape index (κ3) is 18.3. The van der Waals surface area contributed by atoms with Gasteiger partial charge in [0.15, 0.2) is 0 Å². The van der Waals surface area contributed by atoms with Crippen LogP contribution in [0.15, 0.2) is 255 Å². The fourth-order valence-corrected chi connectivity index (χ4v) is 18.4. The zero-order valence-corrected chi connectivity index (χ0v) is 71.5. The van der Waals surface area contributed by atoms with Crippen molar-refractivity contribution in [2.75, 3.05) is 0 Å². The summed E-state index contributed by atoms with van der Waals surface area (Å²) in [6.45, 7) is 37.4. The summed E-state index contributed by atoms with van der Waals surface area (Å²) >= 11 is 0. The highest BCUT2D eigenvalue weighted by molar-refractivity contribution is 7.44. The van der Waals surface area contributed by atoms with Crippen LogP contribution in [0.1, 0.15) is 100 Å². The van der Waals surface area contributed by atoms with Gasteiger partial charge in [0.1, 0.15) is 69.0 Å². The van der Waals surface area contributed by atoms with Gasteiger partial charge in [0.2, 0.25) is 0 Å². The Morgan fingerprint density at radius 3 is 0.561 bits per heavy atom. The third-order valence-electron chi connectivity index (χ3n) is 20.9. The van der Waals surface area contributed by atoms with Gasteiger partial charge >= 0.3 is 34.4 Å². The van der Waals surface area contributed by atoms with E-state index in [4.69, 9.17) is 54.3 Å². The Kier molecular flexibility index (Phi) is 25.8. The Balaban J connectivity index is 0.000000199. The van der Waals surface area contributed by atoms with Crippen molar-refractivity contribution in [3.05, 3.63) is 355 Å². The van der Waals surface area contributed by atoms with Crippen molar-refractivity contribution in [1.29, 1.82) is 0 Å². The SMILES string of the molecule is Cc1ccccc1OP(Oc1ccccc1C)Oc1c(C)c(C)c(C)c(C)c1-c1c(C)c(C)c(C)c(C)c1OP(Oc1ccccc1C)Oc1ccccc1C.Cc1ccccc1OP(Oc1ccccc1C)Oc1c(C)cc2ccccc2c1-c1c(OP(Oc2ccccc2C)Oc2ccccc2C)c(C)cc2ccccc12. The monoisotopic (exact) mass is 1590 g/mol. The van der Waals surface area contributed by atoms with Gasteiger partial charge in [-0.25, -0.2) is 0 Å². The predicted molar refractivity (Wildman–Crippen MR) is 471 cm³/mol. The van der Waals surface area contributed by atoms with E-state index in [9.17, 15) is 0 Å². The lowest BCUT2D eigenvalue weighted by atomic mass is 9.84. The molecule has 0 aliphatic carbocycles. The summed E-state index contributed by atoms with van der Waals surface area (Å²) in [5, 5.41) is 4.07. The molecule has 0 atom stereocenters. The molecule has 0 fully saturated rings. The topological polar surface area (TPSA) is 111 Å². The van der Waals surface area contributed by atoms with Gasteiger partial charge in [-0.3, -0.25) is 0 Å². The zero-order valence-electron chi connectivity index (χ0n) is 67.9. The highest BCUT2D eigenvalue weighted by Gasteiger charge is 2.35. The van der Waals surface area contributed by atoms with Crippen LogP contribution in [0.2, 0.25) is 0 Å². The van der Waals surface area contributed by atoms with Crippen molar-refractivity contribution >= 4 is 56.0 Å². The van der Waals surface area contributed by atoms with Crippen LogP contribution in [0.5, 0.6) is 69.0 Å². The summed E-state index contributed by atoms with van der Waals surface area (Å²) in [7, 11) is -8.07. The van der Waals surface area contributed by atoms with Gasteiger partial charge in [-0.1, -0.05) is 194 Å². The van der Waals surface area contributed by atoms with Crippen molar-refractivity contribution in [2.24, 2.45) is 0 Å². The van der Waals surface area contributed by atoms with Crippen molar-refractivity contribution in [1.82, 2.24) is 0 Å². The molecule has 0 aliphatic rings. The minimum atomic E-state index is -2.04. The van der Waals surface area contributed by atoms with Crippen molar-refractivity contribution in [3.8, 4) is 91.2 Å². The molecule has 0 spiro atoms. The molecule has 0 N–H and O–H groups in total. The van der Waals surface area contributed by atoms with Crippen molar-refractivity contribution in [3.63, 3.8) is 0 Å². The number of hydrogen-bond acceptors (Lipinski definition) is 12. The van der Waals surface area contributed by atoms with Gasteiger partial charge in [0.05, 0.1) is 0 Å². The molecule has 114 heavy (non-hydrogen) atoms. The molecule has 0 aliphatic heterocycles. The van der Waals surface area contributed by atoms with Crippen LogP contribution in [0.3, 0.4) is 0 Å². The third-order valence-corrected chi connectivity index (χ3v) is 25.0. The quantitative estimate of drug-likeness (QED) is 0.0481. The van der Waals surface area contributed by atoms with E-state index in [1.165, 1.54) is 11.1 Å². The molecule has 580 valence electrons. The molecule has 0 aromatic heterocycles.